The monoisotopic (exact) mass is 1790 g/mol. The fraction of sp³-hybridized carbons (Fsp3) is 0.147. The summed E-state index contributed by atoms with van der Waals surface area (Å²) in [4.78, 5) is 95.1. The molecular weight excluding hydrogens is 1700 g/mol. The van der Waals surface area contributed by atoms with E-state index in [0.717, 1.165) is 108 Å². The second-order valence-electron chi connectivity index (χ2n) is 31.2. The number of carbonyl (C=O) groups is 7. The average Bonchev–Trinajstić information content (AvgIpc) is 1.68. The van der Waals surface area contributed by atoms with Gasteiger partial charge in [0, 0.05) is 48.8 Å². The summed E-state index contributed by atoms with van der Waals surface area (Å²) in [5, 5.41) is 81.0. The standard InChI is InChI=1S/C16H12N2O3.C15H13NO3.2C15H17NO2.C13H9NO3.C13H8O3.C12H10O2.C10H8O/c19-14-6-5-11(16(20)17-14)15-12-7-9-3-1-2-4-10(9)8-13(12)21-18-15;1-2-18-15(17)9-13-12-7-10-5-3-4-6-11(10)8-14(12)19-16-13;1-3-16(4-2)15(18)13-9-11-7-5-6-8-12(11)10-14(13)17;1-3-16(4-2)15(17)18-14-10-9-12-7-5-6-8-13(12)11-14;15-13(16)7-11-10-5-8-3-1-2-4-9(8)6-12(10)17-14-11;14-11-7-13(15)16-12-6-9-4-2-1-3-8(9)5-10(11)12;1-8(13)11-6-9-4-2-3-5-10(9)7-12(11)14;11-10-6-5-8-3-1-2-4-9(8)7-10/h1-4,7-8,11H,5-6H2,(H,17,19,20);3-8H,2,9H2,1H3;5-10,17H,3-4H2,1-2H3;5-11H,3-4H2,1-2H3;1-6H,7H2,(H,15,16);1-7,14H;2-7,14H,1H3;1-7,11H. The first-order valence-electron chi connectivity index (χ1n) is 43.5. The Morgan fingerprint density at radius 3 is 1.23 bits per heavy atom. The Hall–Kier alpha value is -17.1. The number of phenols is 3. The van der Waals surface area contributed by atoms with Gasteiger partial charge >= 0.3 is 23.7 Å². The molecule has 674 valence electrons. The van der Waals surface area contributed by atoms with Crippen LogP contribution in [0, 0.1) is 0 Å². The highest BCUT2D eigenvalue weighted by molar-refractivity contribution is 6.07. The third-order valence-corrected chi connectivity index (χ3v) is 22.4. The van der Waals surface area contributed by atoms with Gasteiger partial charge < -0.3 is 62.8 Å². The van der Waals surface area contributed by atoms with Crippen molar-refractivity contribution in [3.8, 4) is 28.7 Å². The minimum absolute atomic E-state index is 0.0444. The number of nitrogens with one attached hydrogen (secondary N) is 1. The van der Waals surface area contributed by atoms with Crippen molar-refractivity contribution < 1.29 is 86.6 Å². The number of carbonyl (C=O) groups excluding carboxylic acids is 6. The summed E-state index contributed by atoms with van der Waals surface area (Å²) in [6.45, 7) is 13.9. The van der Waals surface area contributed by atoms with E-state index in [2.05, 4.69) is 20.8 Å². The Labute approximate surface area is 767 Å². The molecule has 5 heterocycles. The Morgan fingerprint density at radius 2 is 0.776 bits per heavy atom. The van der Waals surface area contributed by atoms with E-state index in [1.54, 1.807) is 59.2 Å². The zero-order chi connectivity index (χ0) is 94.5. The molecular formula is C109H94N6O19. The number of amides is 4. The van der Waals surface area contributed by atoms with Crippen molar-refractivity contribution in [3.63, 3.8) is 0 Å². The van der Waals surface area contributed by atoms with Gasteiger partial charge in [0.05, 0.1) is 47.9 Å². The number of ether oxygens (including phenoxy) is 2. The molecule has 25 heteroatoms. The summed E-state index contributed by atoms with van der Waals surface area (Å²) in [5.74, 6) is -1.42. The normalized spacial score (nSPS) is 12.0. The van der Waals surface area contributed by atoms with Crippen LogP contribution in [0.1, 0.15) is 98.1 Å². The molecule has 20 aromatic rings. The number of esters is 1. The van der Waals surface area contributed by atoms with Crippen LogP contribution in [0.3, 0.4) is 0 Å². The number of imide groups is 1. The second kappa shape index (κ2) is 43.3. The van der Waals surface area contributed by atoms with Crippen molar-refractivity contribution in [1.82, 2.24) is 30.6 Å². The van der Waals surface area contributed by atoms with Crippen LogP contribution in [0.5, 0.6) is 28.7 Å². The van der Waals surface area contributed by atoms with Gasteiger partial charge in [-0.3, -0.25) is 34.1 Å². The number of fused-ring (bicyclic) bond motifs is 12. The third-order valence-electron chi connectivity index (χ3n) is 22.4. The zero-order valence-corrected chi connectivity index (χ0v) is 74.1. The zero-order valence-electron chi connectivity index (χ0n) is 74.1. The molecule has 1 atom stereocenters. The van der Waals surface area contributed by atoms with E-state index in [4.69, 9.17) is 37.7 Å². The maximum atomic E-state index is 12.2. The molecule has 1 fully saturated rings. The molecule has 1 aliphatic heterocycles. The summed E-state index contributed by atoms with van der Waals surface area (Å²) >= 11 is 0. The highest BCUT2D eigenvalue weighted by atomic mass is 16.6. The number of piperidine rings is 1. The van der Waals surface area contributed by atoms with Crippen LogP contribution in [0.25, 0.3) is 130 Å². The maximum absolute atomic E-state index is 12.2. The van der Waals surface area contributed by atoms with E-state index in [9.17, 15) is 53.7 Å². The Bertz CT molecular complexity index is 7800. The van der Waals surface area contributed by atoms with Crippen molar-refractivity contribution in [1.29, 1.82) is 0 Å². The lowest BCUT2D eigenvalue weighted by Crippen LogP contribution is -2.39. The minimum atomic E-state index is -0.909. The molecule has 25 nitrogen and oxygen atoms in total. The summed E-state index contributed by atoms with van der Waals surface area (Å²) in [6.07, 6.45) is 0.525. The molecule has 0 spiro atoms. The summed E-state index contributed by atoms with van der Waals surface area (Å²) in [6, 6.07) is 96.8. The van der Waals surface area contributed by atoms with Crippen molar-refractivity contribution in [2.75, 3.05) is 32.8 Å². The van der Waals surface area contributed by atoms with E-state index >= 15 is 0 Å². The van der Waals surface area contributed by atoms with Crippen molar-refractivity contribution in [2.24, 2.45) is 0 Å². The highest BCUT2D eigenvalue weighted by Crippen LogP contribution is 2.36. The predicted octanol–water partition coefficient (Wildman–Crippen LogP) is 22.8. The molecule has 1 unspecified atom stereocenters. The number of rotatable bonds is 13. The number of Topliss-reactive ketones (excluding diaryl/α,β-unsaturated/α-hetero) is 1. The fourth-order valence-corrected chi connectivity index (χ4v) is 15.4. The molecule has 0 radical (unpaired) electrons. The third kappa shape index (κ3) is 22.8. The number of phenolic OH excluding ortho intramolecular Hbond substituents is 3. The topological polar surface area (TPSA) is 366 Å². The van der Waals surface area contributed by atoms with Crippen molar-refractivity contribution >= 4 is 172 Å². The fourth-order valence-electron chi connectivity index (χ4n) is 15.4. The number of carboxylic acid groups (broad SMARTS) is 1. The van der Waals surface area contributed by atoms with Gasteiger partial charge in [-0.05, 0) is 231 Å². The molecule has 4 aromatic heterocycles. The second-order valence-corrected chi connectivity index (χ2v) is 31.2. The van der Waals surface area contributed by atoms with Gasteiger partial charge in [0.1, 0.15) is 51.4 Å². The Kier molecular flexibility index (Phi) is 30.1. The van der Waals surface area contributed by atoms with Gasteiger partial charge in [0.2, 0.25) is 11.8 Å². The molecule has 6 N–H and O–H groups in total. The molecule has 1 saturated heterocycles. The van der Waals surface area contributed by atoms with Gasteiger partial charge in [0.15, 0.2) is 22.5 Å². The number of hydrogen-bond donors (Lipinski definition) is 6. The largest absolute Gasteiger partial charge is 0.508 e. The maximum Gasteiger partial charge on any atom is 0.415 e. The van der Waals surface area contributed by atoms with Crippen molar-refractivity contribution in [3.05, 3.63) is 348 Å². The molecule has 134 heavy (non-hydrogen) atoms. The lowest BCUT2D eigenvalue weighted by Gasteiger charge is -2.19. The van der Waals surface area contributed by atoms with Crippen molar-refractivity contribution in [2.45, 2.75) is 73.1 Å². The van der Waals surface area contributed by atoms with Crippen LogP contribution in [-0.2, 0) is 36.8 Å². The van der Waals surface area contributed by atoms with Gasteiger partial charge in [-0.25, -0.2) is 9.59 Å². The number of nitrogens with zero attached hydrogens (tertiary/aromatic N) is 5. The SMILES string of the molecule is CC(=O)c1cc2ccccc2cc1O.CCN(CC)C(=O)Oc1ccc2ccccc2c1.CCN(CC)C(=O)c1cc2ccccc2cc1O.CCOC(=O)Cc1noc2cc3ccccc3cc12.O=C(O)Cc1noc2cc3ccccc3cc12.O=C1CCC(c2noc3cc4ccccc4cc23)C(=O)N1.O=c1cc(O)c2cc3ccccc3cc2o1.Oc1ccc2ccccc2c1. The van der Waals surface area contributed by atoms with Crippen LogP contribution >= 0.6 is 0 Å². The van der Waals surface area contributed by atoms with E-state index in [0.29, 0.717) is 113 Å². The number of aromatic nitrogens is 3. The highest BCUT2D eigenvalue weighted by Gasteiger charge is 2.32. The number of hydrogen-bond acceptors (Lipinski definition) is 21. The lowest BCUT2D eigenvalue weighted by atomic mass is 9.92. The first kappa shape index (κ1) is 93.1. The van der Waals surface area contributed by atoms with Gasteiger partial charge in [-0.2, -0.15) is 0 Å². The summed E-state index contributed by atoms with van der Waals surface area (Å²) in [5.41, 5.74) is 4.30. The number of ketones is 1. The molecule has 0 saturated carbocycles. The number of carboxylic acids is 1. The molecule has 21 rings (SSSR count). The van der Waals surface area contributed by atoms with E-state index in [1.165, 1.54) is 6.92 Å². The van der Waals surface area contributed by atoms with Crippen LogP contribution in [-0.4, -0.2) is 125 Å². The first-order chi connectivity index (χ1) is 64.9. The summed E-state index contributed by atoms with van der Waals surface area (Å²) < 4.78 is 31.1. The summed E-state index contributed by atoms with van der Waals surface area (Å²) in [7, 11) is 0. The van der Waals surface area contributed by atoms with Gasteiger partial charge in [-0.1, -0.05) is 222 Å². The van der Waals surface area contributed by atoms with Gasteiger partial charge in [0.25, 0.3) is 5.91 Å². The van der Waals surface area contributed by atoms with E-state index in [1.807, 2.05) is 289 Å². The molecule has 0 bridgehead atoms. The molecule has 0 aliphatic carbocycles. The van der Waals surface area contributed by atoms with Gasteiger partial charge in [-0.15, -0.1) is 0 Å². The smallest absolute Gasteiger partial charge is 0.415 e. The van der Waals surface area contributed by atoms with E-state index < -0.39 is 17.5 Å². The Morgan fingerprint density at radius 1 is 0.396 bits per heavy atom. The van der Waals surface area contributed by atoms with Crippen LogP contribution < -0.4 is 15.7 Å². The number of aliphatic carboxylic acids is 1. The molecule has 4 amide bonds. The number of benzene rings is 16. The van der Waals surface area contributed by atoms with Crippen LogP contribution in [0.15, 0.2) is 332 Å². The molecule has 16 aromatic carbocycles. The quantitative estimate of drug-likeness (QED) is 0.0205. The Balaban J connectivity index is 0.000000123. The van der Waals surface area contributed by atoms with E-state index in [-0.39, 0.29) is 65.7 Å². The minimum Gasteiger partial charge on any atom is -0.508 e. The predicted molar refractivity (Wildman–Crippen MR) is 520 cm³/mol. The van der Waals surface area contributed by atoms with Crippen LogP contribution in [0.4, 0.5) is 4.79 Å². The first-order valence-corrected chi connectivity index (χ1v) is 43.5. The lowest BCUT2D eigenvalue weighted by molar-refractivity contribution is -0.142. The average molecular weight is 1790 g/mol. The molecule has 1 aliphatic rings. The van der Waals surface area contributed by atoms with Crippen LogP contribution in [0.2, 0.25) is 0 Å². The number of aromatic hydroxyl groups is 4.